The van der Waals surface area contributed by atoms with Crippen LogP contribution in [0.25, 0.3) is 0 Å². The quantitative estimate of drug-likeness (QED) is 0.818. The molecule has 2 heterocycles. The molecular weight excluding hydrogens is 199 g/mol. The number of carbonyl (C=O) groups is 1. The molecule has 1 amide bonds. The average Bonchev–Trinajstić information content (AvgIpc) is 2.74. The fraction of sp³-hybridized carbons (Fsp3) is 0. The Morgan fingerprint density at radius 1 is 1.47 bits per heavy atom. The van der Waals surface area contributed by atoms with E-state index < -0.39 is 11.7 Å². The SMILES string of the molecule is O=C(Nc1ccncc1F)c1ccoc1. The van der Waals surface area contributed by atoms with Crippen molar-refractivity contribution in [2.75, 3.05) is 5.32 Å². The lowest BCUT2D eigenvalue weighted by Gasteiger charge is -2.03. The van der Waals surface area contributed by atoms with Gasteiger partial charge in [-0.25, -0.2) is 4.39 Å². The van der Waals surface area contributed by atoms with Gasteiger partial charge in [0.25, 0.3) is 5.91 Å². The Bertz CT molecular complexity index is 468. The molecule has 2 rings (SSSR count). The minimum absolute atomic E-state index is 0.0937. The van der Waals surface area contributed by atoms with Crippen molar-refractivity contribution in [2.45, 2.75) is 0 Å². The number of amides is 1. The largest absolute Gasteiger partial charge is 0.472 e. The Morgan fingerprint density at radius 3 is 3.00 bits per heavy atom. The van der Waals surface area contributed by atoms with Crippen LogP contribution >= 0.6 is 0 Å². The van der Waals surface area contributed by atoms with Gasteiger partial charge in [-0.2, -0.15) is 0 Å². The van der Waals surface area contributed by atoms with Crippen LogP contribution < -0.4 is 5.32 Å². The summed E-state index contributed by atoms with van der Waals surface area (Å²) in [5.74, 6) is -0.997. The number of halogens is 1. The molecule has 0 saturated heterocycles. The van der Waals surface area contributed by atoms with Crippen LogP contribution in [0, 0.1) is 5.82 Å². The van der Waals surface area contributed by atoms with Gasteiger partial charge in [0, 0.05) is 6.20 Å². The molecule has 0 aliphatic rings. The lowest BCUT2D eigenvalue weighted by Crippen LogP contribution is -2.12. The summed E-state index contributed by atoms with van der Waals surface area (Å²) in [6.45, 7) is 0. The number of nitrogens with one attached hydrogen (secondary N) is 1. The number of furan rings is 1. The molecule has 0 aliphatic heterocycles. The molecule has 0 fully saturated rings. The first kappa shape index (κ1) is 9.39. The third kappa shape index (κ3) is 2.01. The first-order valence-electron chi connectivity index (χ1n) is 4.20. The zero-order valence-corrected chi connectivity index (χ0v) is 7.61. The van der Waals surface area contributed by atoms with E-state index >= 15 is 0 Å². The van der Waals surface area contributed by atoms with Crippen LogP contribution in [0.2, 0.25) is 0 Å². The van der Waals surface area contributed by atoms with Crippen LogP contribution in [0.3, 0.4) is 0 Å². The predicted molar refractivity (Wildman–Crippen MR) is 50.9 cm³/mol. The van der Waals surface area contributed by atoms with E-state index in [2.05, 4.69) is 10.3 Å². The summed E-state index contributed by atoms with van der Waals surface area (Å²) in [4.78, 5) is 15.0. The van der Waals surface area contributed by atoms with Crippen molar-refractivity contribution < 1.29 is 13.6 Å². The summed E-state index contributed by atoms with van der Waals surface area (Å²) in [5.41, 5.74) is 0.433. The van der Waals surface area contributed by atoms with Gasteiger partial charge in [-0.15, -0.1) is 0 Å². The standard InChI is InChI=1S/C10H7FN2O2/c11-8-5-12-3-1-9(8)13-10(14)7-2-4-15-6-7/h1-6H,(H,12,13,14). The van der Waals surface area contributed by atoms with Crippen molar-refractivity contribution in [3.63, 3.8) is 0 Å². The van der Waals surface area contributed by atoms with Crippen molar-refractivity contribution in [3.05, 3.63) is 48.4 Å². The van der Waals surface area contributed by atoms with Gasteiger partial charge >= 0.3 is 0 Å². The molecule has 15 heavy (non-hydrogen) atoms. The normalized spacial score (nSPS) is 9.93. The van der Waals surface area contributed by atoms with Crippen molar-refractivity contribution in [3.8, 4) is 0 Å². The highest BCUT2D eigenvalue weighted by molar-refractivity contribution is 6.03. The van der Waals surface area contributed by atoms with Crippen molar-refractivity contribution in [1.82, 2.24) is 4.98 Å². The second-order valence-electron chi connectivity index (χ2n) is 2.82. The Morgan fingerprint density at radius 2 is 2.33 bits per heavy atom. The van der Waals surface area contributed by atoms with Crippen LogP contribution in [0.5, 0.6) is 0 Å². The maximum absolute atomic E-state index is 13.1. The second-order valence-corrected chi connectivity index (χ2v) is 2.82. The minimum Gasteiger partial charge on any atom is -0.472 e. The summed E-state index contributed by atoms with van der Waals surface area (Å²) in [6.07, 6.45) is 5.09. The Hall–Kier alpha value is -2.17. The summed E-state index contributed by atoms with van der Waals surface area (Å²) < 4.78 is 17.8. The number of anilines is 1. The molecule has 0 radical (unpaired) electrons. The smallest absolute Gasteiger partial charge is 0.258 e. The van der Waals surface area contributed by atoms with Gasteiger partial charge in [-0.1, -0.05) is 0 Å². The van der Waals surface area contributed by atoms with Gasteiger partial charge in [0.2, 0.25) is 0 Å². The number of hydrogen-bond donors (Lipinski definition) is 1. The van der Waals surface area contributed by atoms with E-state index in [1.54, 1.807) is 0 Å². The maximum atomic E-state index is 13.1. The van der Waals surface area contributed by atoms with Crippen LogP contribution in [0.1, 0.15) is 10.4 Å². The van der Waals surface area contributed by atoms with Crippen LogP contribution in [0.15, 0.2) is 41.5 Å². The van der Waals surface area contributed by atoms with Crippen molar-refractivity contribution in [1.29, 1.82) is 0 Å². The zero-order chi connectivity index (χ0) is 10.7. The van der Waals surface area contributed by atoms with Crippen LogP contribution in [-0.2, 0) is 0 Å². The van der Waals surface area contributed by atoms with Crippen LogP contribution in [-0.4, -0.2) is 10.9 Å². The fourth-order valence-electron chi connectivity index (χ4n) is 1.06. The summed E-state index contributed by atoms with van der Waals surface area (Å²) in [7, 11) is 0. The highest BCUT2D eigenvalue weighted by Gasteiger charge is 2.09. The summed E-state index contributed by atoms with van der Waals surface area (Å²) in [5, 5.41) is 2.40. The molecule has 0 spiro atoms. The number of nitrogens with zero attached hydrogens (tertiary/aromatic N) is 1. The van der Waals surface area contributed by atoms with E-state index in [1.807, 2.05) is 0 Å². The fourth-order valence-corrected chi connectivity index (χ4v) is 1.06. The molecule has 0 saturated carbocycles. The van der Waals surface area contributed by atoms with Gasteiger partial charge in [0.1, 0.15) is 6.26 Å². The summed E-state index contributed by atoms with van der Waals surface area (Å²) in [6, 6.07) is 2.88. The lowest BCUT2D eigenvalue weighted by molar-refractivity contribution is 0.102. The summed E-state index contributed by atoms with van der Waals surface area (Å²) >= 11 is 0. The maximum Gasteiger partial charge on any atom is 0.258 e. The first-order valence-corrected chi connectivity index (χ1v) is 4.20. The number of rotatable bonds is 2. The van der Waals surface area contributed by atoms with E-state index in [9.17, 15) is 9.18 Å². The number of pyridine rings is 1. The Balaban J connectivity index is 2.17. The molecule has 76 valence electrons. The van der Waals surface area contributed by atoms with Crippen molar-refractivity contribution >= 4 is 11.6 Å². The molecule has 0 atom stereocenters. The predicted octanol–water partition coefficient (Wildman–Crippen LogP) is 2.07. The molecule has 1 N–H and O–H groups in total. The third-order valence-corrected chi connectivity index (χ3v) is 1.80. The van der Waals surface area contributed by atoms with Gasteiger partial charge in [-0.05, 0) is 12.1 Å². The van der Waals surface area contributed by atoms with Gasteiger partial charge in [0.05, 0.1) is 23.7 Å². The molecule has 0 bridgehead atoms. The molecule has 0 aromatic carbocycles. The first-order chi connectivity index (χ1) is 7.27. The molecule has 2 aromatic heterocycles. The van der Waals surface area contributed by atoms with E-state index in [-0.39, 0.29) is 5.69 Å². The minimum atomic E-state index is -0.575. The monoisotopic (exact) mass is 206 g/mol. The van der Waals surface area contributed by atoms with Gasteiger partial charge in [0.15, 0.2) is 5.82 Å². The zero-order valence-electron chi connectivity index (χ0n) is 7.61. The molecule has 0 unspecified atom stereocenters. The highest BCUT2D eigenvalue weighted by Crippen LogP contribution is 2.12. The molecule has 4 nitrogen and oxygen atoms in total. The third-order valence-electron chi connectivity index (χ3n) is 1.80. The molecular formula is C10H7FN2O2. The second kappa shape index (κ2) is 3.91. The number of hydrogen-bond acceptors (Lipinski definition) is 3. The Labute approximate surface area is 84.7 Å². The Kier molecular flexibility index (Phi) is 2.45. The van der Waals surface area contributed by atoms with E-state index in [0.29, 0.717) is 5.56 Å². The van der Waals surface area contributed by atoms with E-state index in [0.717, 1.165) is 6.20 Å². The van der Waals surface area contributed by atoms with Gasteiger partial charge in [-0.3, -0.25) is 9.78 Å². The lowest BCUT2D eigenvalue weighted by atomic mass is 10.3. The molecule has 5 heteroatoms. The molecule has 0 aliphatic carbocycles. The highest BCUT2D eigenvalue weighted by atomic mass is 19.1. The number of carbonyl (C=O) groups excluding carboxylic acids is 1. The van der Waals surface area contributed by atoms with E-state index in [1.165, 1.54) is 30.9 Å². The number of aromatic nitrogens is 1. The van der Waals surface area contributed by atoms with Crippen molar-refractivity contribution in [2.24, 2.45) is 0 Å². The van der Waals surface area contributed by atoms with E-state index in [4.69, 9.17) is 4.42 Å². The average molecular weight is 206 g/mol. The topological polar surface area (TPSA) is 55.1 Å². The van der Waals surface area contributed by atoms with Gasteiger partial charge < -0.3 is 9.73 Å². The molecule has 2 aromatic rings. The van der Waals surface area contributed by atoms with Crippen LogP contribution in [0.4, 0.5) is 10.1 Å².